The van der Waals surface area contributed by atoms with E-state index < -0.39 is 0 Å². The van der Waals surface area contributed by atoms with E-state index in [4.69, 9.17) is 14.2 Å². The SMILES string of the molecule is COCCN=C1NC(/C=C(O)/C=C/c2ccc(O)c(OC)c2)=CC(c2ccc(O)c(OC)c2)S1. The van der Waals surface area contributed by atoms with Crippen molar-refractivity contribution in [1.82, 2.24) is 5.32 Å². The molecule has 1 aliphatic rings. The average Bonchev–Trinajstić information content (AvgIpc) is 2.84. The standard InChI is InChI=1S/C25H28N2O6S/c1-31-11-10-26-25-27-18(15-24(34-25)17-6-9-21(30)23(13-17)33-3)14-19(28)7-4-16-5-8-20(29)22(12-16)32-2/h4-9,12-15,24,28-30H,10-11H2,1-3H3,(H,26,27)/b7-4+,19-14-. The zero-order valence-electron chi connectivity index (χ0n) is 19.2. The maximum absolute atomic E-state index is 10.5. The van der Waals surface area contributed by atoms with Crippen LogP contribution < -0.4 is 14.8 Å². The third kappa shape index (κ3) is 6.72. The Morgan fingerprint density at radius 2 is 1.76 bits per heavy atom. The van der Waals surface area contributed by atoms with E-state index in [1.165, 1.54) is 32.0 Å². The van der Waals surface area contributed by atoms with Crippen LogP contribution in [0.5, 0.6) is 23.0 Å². The summed E-state index contributed by atoms with van der Waals surface area (Å²) < 4.78 is 15.4. The molecule has 1 atom stereocenters. The average molecular weight is 485 g/mol. The molecule has 0 radical (unpaired) electrons. The van der Waals surface area contributed by atoms with Gasteiger partial charge < -0.3 is 34.8 Å². The Balaban J connectivity index is 1.87. The Kier molecular flexibility index (Phi) is 8.89. The number of rotatable bonds is 9. The number of amidine groups is 1. The highest BCUT2D eigenvalue weighted by Gasteiger charge is 2.21. The van der Waals surface area contributed by atoms with Gasteiger partial charge in [-0.05, 0) is 47.5 Å². The molecule has 1 aliphatic heterocycles. The molecule has 0 fully saturated rings. The predicted molar refractivity (Wildman–Crippen MR) is 135 cm³/mol. The summed E-state index contributed by atoms with van der Waals surface area (Å²) in [6.07, 6.45) is 6.82. The minimum atomic E-state index is -0.124. The van der Waals surface area contributed by atoms with Gasteiger partial charge in [0.2, 0.25) is 0 Å². The number of nitrogens with one attached hydrogen (secondary N) is 1. The van der Waals surface area contributed by atoms with Crippen LogP contribution in [-0.4, -0.2) is 55.0 Å². The molecule has 2 aromatic carbocycles. The highest BCUT2D eigenvalue weighted by atomic mass is 32.2. The number of ether oxygens (including phenoxy) is 3. The minimum absolute atomic E-state index is 0.0240. The highest BCUT2D eigenvalue weighted by molar-refractivity contribution is 8.14. The molecule has 1 unspecified atom stereocenters. The van der Waals surface area contributed by atoms with Crippen LogP contribution in [-0.2, 0) is 4.74 Å². The van der Waals surface area contributed by atoms with Gasteiger partial charge in [-0.2, -0.15) is 0 Å². The Bertz CT molecular complexity index is 1130. The first-order valence-electron chi connectivity index (χ1n) is 10.4. The topological polar surface area (TPSA) is 113 Å². The van der Waals surface area contributed by atoms with Crippen molar-refractivity contribution in [3.8, 4) is 23.0 Å². The van der Waals surface area contributed by atoms with Crippen LogP contribution in [0, 0.1) is 0 Å². The lowest BCUT2D eigenvalue weighted by atomic mass is 10.1. The summed E-state index contributed by atoms with van der Waals surface area (Å²) in [6, 6.07) is 10.1. The summed E-state index contributed by atoms with van der Waals surface area (Å²) in [5.41, 5.74) is 2.33. The van der Waals surface area contributed by atoms with Gasteiger partial charge in [0.15, 0.2) is 28.2 Å². The molecule has 0 aromatic heterocycles. The first-order valence-corrected chi connectivity index (χ1v) is 11.3. The monoisotopic (exact) mass is 484 g/mol. The van der Waals surface area contributed by atoms with Crippen LogP contribution in [0.15, 0.2) is 71.1 Å². The molecule has 4 N–H and O–H groups in total. The third-order valence-electron chi connectivity index (χ3n) is 4.86. The molecule has 180 valence electrons. The Hall–Kier alpha value is -3.56. The molecular weight excluding hydrogens is 456 g/mol. The number of hydrogen-bond acceptors (Lipinski definition) is 8. The zero-order chi connectivity index (χ0) is 24.5. The fraction of sp³-hybridized carbons (Fsp3) is 0.240. The van der Waals surface area contributed by atoms with Crippen LogP contribution in [0.4, 0.5) is 0 Å². The van der Waals surface area contributed by atoms with Crippen molar-refractivity contribution in [2.24, 2.45) is 4.99 Å². The Labute approximate surface area is 202 Å². The van der Waals surface area contributed by atoms with Crippen LogP contribution in [0.25, 0.3) is 6.08 Å². The summed E-state index contributed by atoms with van der Waals surface area (Å²) in [4.78, 5) is 4.54. The van der Waals surface area contributed by atoms with Crippen molar-refractivity contribution in [3.63, 3.8) is 0 Å². The molecule has 3 rings (SSSR count). The molecule has 34 heavy (non-hydrogen) atoms. The van der Waals surface area contributed by atoms with Gasteiger partial charge in [-0.3, -0.25) is 4.99 Å². The maximum Gasteiger partial charge on any atom is 0.162 e. The third-order valence-corrected chi connectivity index (χ3v) is 5.97. The van der Waals surface area contributed by atoms with E-state index in [0.29, 0.717) is 35.5 Å². The quantitative estimate of drug-likeness (QED) is 0.233. The molecule has 2 aromatic rings. The molecule has 9 heteroatoms. The maximum atomic E-state index is 10.5. The second kappa shape index (κ2) is 12.1. The van der Waals surface area contributed by atoms with Gasteiger partial charge in [-0.1, -0.05) is 30.0 Å². The van der Waals surface area contributed by atoms with Crippen LogP contribution in [0.2, 0.25) is 0 Å². The van der Waals surface area contributed by atoms with E-state index in [-0.39, 0.29) is 22.5 Å². The predicted octanol–water partition coefficient (Wildman–Crippen LogP) is 4.53. The summed E-state index contributed by atoms with van der Waals surface area (Å²) in [5.74, 6) is 0.872. The molecule has 0 saturated heterocycles. The summed E-state index contributed by atoms with van der Waals surface area (Å²) in [7, 11) is 4.60. The minimum Gasteiger partial charge on any atom is -0.508 e. The van der Waals surface area contributed by atoms with Crippen LogP contribution in [0.1, 0.15) is 16.4 Å². The van der Waals surface area contributed by atoms with Gasteiger partial charge in [-0.15, -0.1) is 0 Å². The molecule has 0 amide bonds. The van der Waals surface area contributed by atoms with E-state index in [0.717, 1.165) is 11.1 Å². The number of benzene rings is 2. The number of allylic oxidation sites excluding steroid dienone is 2. The lowest BCUT2D eigenvalue weighted by Gasteiger charge is -2.23. The Morgan fingerprint density at radius 1 is 1.06 bits per heavy atom. The molecule has 0 saturated carbocycles. The van der Waals surface area contributed by atoms with Gasteiger partial charge >= 0.3 is 0 Å². The normalized spacial score (nSPS) is 17.5. The van der Waals surface area contributed by atoms with E-state index in [9.17, 15) is 15.3 Å². The van der Waals surface area contributed by atoms with Gasteiger partial charge in [0, 0.05) is 18.9 Å². The number of thioether (sulfide) groups is 1. The lowest BCUT2D eigenvalue weighted by molar-refractivity contribution is 0.208. The van der Waals surface area contributed by atoms with Gasteiger partial charge in [0.05, 0.1) is 32.6 Å². The van der Waals surface area contributed by atoms with E-state index in [2.05, 4.69) is 10.3 Å². The molecule has 1 heterocycles. The van der Waals surface area contributed by atoms with Crippen molar-refractivity contribution in [1.29, 1.82) is 0 Å². The number of methoxy groups -OCH3 is 3. The zero-order valence-corrected chi connectivity index (χ0v) is 20.0. The summed E-state index contributed by atoms with van der Waals surface area (Å²) in [5, 5.41) is 34.0. The first-order chi connectivity index (χ1) is 16.4. The second-order valence-corrected chi connectivity index (χ2v) is 8.36. The Morgan fingerprint density at radius 3 is 2.47 bits per heavy atom. The van der Waals surface area contributed by atoms with Crippen molar-refractivity contribution in [2.45, 2.75) is 5.25 Å². The van der Waals surface area contributed by atoms with Gasteiger partial charge in [0.1, 0.15) is 5.76 Å². The number of aliphatic hydroxyl groups is 1. The number of hydrogen-bond donors (Lipinski definition) is 4. The number of phenols is 2. The largest absolute Gasteiger partial charge is 0.508 e. The number of aliphatic imine (C=N–C) groups is 1. The van der Waals surface area contributed by atoms with Crippen LogP contribution in [0.3, 0.4) is 0 Å². The first kappa shape index (κ1) is 25.1. The van der Waals surface area contributed by atoms with Crippen molar-refractivity contribution in [2.75, 3.05) is 34.5 Å². The highest BCUT2D eigenvalue weighted by Crippen LogP contribution is 2.38. The smallest absolute Gasteiger partial charge is 0.162 e. The van der Waals surface area contributed by atoms with E-state index >= 15 is 0 Å². The van der Waals surface area contributed by atoms with Crippen molar-refractivity contribution >= 4 is 23.0 Å². The number of nitrogens with zero attached hydrogens (tertiary/aromatic N) is 1. The van der Waals surface area contributed by atoms with Crippen LogP contribution >= 0.6 is 11.8 Å². The van der Waals surface area contributed by atoms with Crippen molar-refractivity contribution in [3.05, 3.63) is 77.2 Å². The summed E-state index contributed by atoms with van der Waals surface area (Å²) >= 11 is 1.51. The number of aliphatic hydroxyl groups excluding tert-OH is 1. The fourth-order valence-corrected chi connectivity index (χ4v) is 4.21. The summed E-state index contributed by atoms with van der Waals surface area (Å²) in [6.45, 7) is 0.978. The molecule has 0 spiro atoms. The van der Waals surface area contributed by atoms with Crippen molar-refractivity contribution < 1.29 is 29.5 Å². The molecular formula is C25H28N2O6S. The fourth-order valence-electron chi connectivity index (χ4n) is 3.13. The molecule has 8 nitrogen and oxygen atoms in total. The molecule has 0 bridgehead atoms. The van der Waals surface area contributed by atoms with E-state index in [1.54, 1.807) is 49.6 Å². The second-order valence-electron chi connectivity index (χ2n) is 7.23. The lowest BCUT2D eigenvalue weighted by Crippen LogP contribution is -2.25. The van der Waals surface area contributed by atoms with E-state index in [1.807, 2.05) is 12.1 Å². The van der Waals surface area contributed by atoms with Gasteiger partial charge in [-0.25, -0.2) is 0 Å². The van der Waals surface area contributed by atoms with Gasteiger partial charge in [0.25, 0.3) is 0 Å². The number of phenolic OH excluding ortho intramolecular Hbond substituents is 2. The molecule has 0 aliphatic carbocycles. The number of aromatic hydroxyl groups is 2.